The topological polar surface area (TPSA) is 63.7 Å². The summed E-state index contributed by atoms with van der Waals surface area (Å²) in [6, 6.07) is 15.8. The monoisotopic (exact) mass is 385 g/mol. The number of esters is 1. The van der Waals surface area contributed by atoms with Gasteiger partial charge in [0.2, 0.25) is 5.91 Å². The predicted octanol–water partition coefficient (Wildman–Crippen LogP) is 3.99. The van der Waals surface area contributed by atoms with Crippen LogP contribution < -0.4 is 0 Å². The lowest BCUT2D eigenvalue weighted by Gasteiger charge is -2.23. The number of rotatable bonds is 6. The van der Waals surface area contributed by atoms with E-state index in [-0.39, 0.29) is 30.9 Å². The first kappa shape index (κ1) is 19.1. The minimum atomic E-state index is -0.411. The van der Waals surface area contributed by atoms with Crippen molar-refractivity contribution in [3.8, 4) is 0 Å². The van der Waals surface area contributed by atoms with Crippen LogP contribution >= 0.6 is 11.6 Å². The fourth-order valence-electron chi connectivity index (χ4n) is 3.15. The molecular formula is C21H20ClNO4. The van der Waals surface area contributed by atoms with Crippen molar-refractivity contribution >= 4 is 29.4 Å². The van der Waals surface area contributed by atoms with E-state index in [2.05, 4.69) is 0 Å². The summed E-state index contributed by atoms with van der Waals surface area (Å²) in [6.07, 6.45) is 1.37. The molecule has 1 aliphatic rings. The lowest BCUT2D eigenvalue weighted by atomic mass is 10.1. The summed E-state index contributed by atoms with van der Waals surface area (Å²) in [7, 11) is 0. The molecule has 0 bridgehead atoms. The van der Waals surface area contributed by atoms with Gasteiger partial charge in [-0.25, -0.2) is 0 Å². The quantitative estimate of drug-likeness (QED) is 0.557. The molecule has 1 saturated heterocycles. The third kappa shape index (κ3) is 4.74. The smallest absolute Gasteiger partial charge is 0.306 e. The molecule has 140 valence electrons. The summed E-state index contributed by atoms with van der Waals surface area (Å²) >= 11 is 6.09. The van der Waals surface area contributed by atoms with Crippen molar-refractivity contribution in [2.45, 2.75) is 38.3 Å². The van der Waals surface area contributed by atoms with Gasteiger partial charge in [0.05, 0.1) is 10.6 Å². The van der Waals surface area contributed by atoms with Crippen LogP contribution in [-0.2, 0) is 20.9 Å². The normalized spacial score (nSPS) is 16.4. The summed E-state index contributed by atoms with van der Waals surface area (Å²) in [5.74, 6) is -0.989. The highest BCUT2D eigenvalue weighted by Gasteiger charge is 2.36. The van der Waals surface area contributed by atoms with Crippen LogP contribution in [0.3, 0.4) is 0 Å². The van der Waals surface area contributed by atoms with E-state index in [1.165, 1.54) is 4.90 Å². The van der Waals surface area contributed by atoms with Gasteiger partial charge in [-0.1, -0.05) is 54.1 Å². The highest BCUT2D eigenvalue weighted by molar-refractivity contribution is 6.34. The molecular weight excluding hydrogens is 366 g/mol. The number of likely N-dealkylation sites (tertiary alicyclic amines) is 1. The molecule has 0 aromatic heterocycles. The van der Waals surface area contributed by atoms with Crippen LogP contribution in [0.4, 0.5) is 0 Å². The Hall–Kier alpha value is -2.66. The number of ether oxygens (including phenoxy) is 1. The van der Waals surface area contributed by atoms with Crippen LogP contribution in [0.25, 0.3) is 0 Å². The van der Waals surface area contributed by atoms with Crippen molar-refractivity contribution in [2.24, 2.45) is 0 Å². The van der Waals surface area contributed by atoms with Gasteiger partial charge in [-0.3, -0.25) is 19.3 Å². The van der Waals surface area contributed by atoms with Crippen molar-refractivity contribution in [1.29, 1.82) is 0 Å². The number of carbonyl (C=O) groups excluding carboxylic acids is 3. The van der Waals surface area contributed by atoms with Crippen molar-refractivity contribution in [2.75, 3.05) is 0 Å². The van der Waals surface area contributed by atoms with Crippen molar-refractivity contribution in [1.82, 2.24) is 4.90 Å². The second kappa shape index (κ2) is 8.82. The fraction of sp³-hybridized carbons (Fsp3) is 0.286. The Bertz CT molecular complexity index is 837. The lowest BCUT2D eigenvalue weighted by molar-refractivity contribution is -0.145. The van der Waals surface area contributed by atoms with Crippen LogP contribution in [-0.4, -0.2) is 28.7 Å². The number of carbonyl (C=O) groups is 3. The Morgan fingerprint density at radius 3 is 2.52 bits per heavy atom. The Morgan fingerprint density at radius 2 is 1.78 bits per heavy atom. The Morgan fingerprint density at radius 1 is 1.07 bits per heavy atom. The predicted molar refractivity (Wildman–Crippen MR) is 101 cm³/mol. The van der Waals surface area contributed by atoms with E-state index in [9.17, 15) is 14.4 Å². The summed E-state index contributed by atoms with van der Waals surface area (Å²) in [5.41, 5.74) is 1.21. The molecule has 1 atom stereocenters. The molecule has 0 radical (unpaired) electrons. The molecule has 0 N–H and O–H groups in total. The number of halogens is 1. The Kier molecular flexibility index (Phi) is 6.24. The van der Waals surface area contributed by atoms with Gasteiger partial charge in [-0.15, -0.1) is 0 Å². The van der Waals surface area contributed by atoms with E-state index in [1.54, 1.807) is 24.3 Å². The van der Waals surface area contributed by atoms with Gasteiger partial charge < -0.3 is 4.74 Å². The van der Waals surface area contributed by atoms with E-state index in [0.717, 1.165) is 5.56 Å². The van der Waals surface area contributed by atoms with E-state index in [4.69, 9.17) is 16.3 Å². The molecule has 1 heterocycles. The molecule has 0 aliphatic carbocycles. The molecule has 3 rings (SSSR count). The van der Waals surface area contributed by atoms with Crippen LogP contribution in [0.5, 0.6) is 0 Å². The summed E-state index contributed by atoms with van der Waals surface area (Å²) in [4.78, 5) is 38.2. The van der Waals surface area contributed by atoms with E-state index >= 15 is 0 Å². The molecule has 1 fully saturated rings. The highest BCUT2D eigenvalue weighted by Crippen LogP contribution is 2.27. The van der Waals surface area contributed by atoms with Gasteiger partial charge in [0.1, 0.15) is 6.61 Å². The third-order valence-electron chi connectivity index (χ3n) is 4.57. The lowest BCUT2D eigenvalue weighted by Crippen LogP contribution is -2.39. The zero-order valence-corrected chi connectivity index (χ0v) is 15.5. The van der Waals surface area contributed by atoms with Gasteiger partial charge in [-0.05, 0) is 30.5 Å². The largest absolute Gasteiger partial charge is 0.461 e. The van der Waals surface area contributed by atoms with Crippen molar-refractivity contribution in [3.63, 3.8) is 0 Å². The van der Waals surface area contributed by atoms with Gasteiger partial charge in [-0.2, -0.15) is 0 Å². The first-order chi connectivity index (χ1) is 13.1. The maximum atomic E-state index is 12.7. The van der Waals surface area contributed by atoms with Crippen LogP contribution in [0.2, 0.25) is 5.02 Å². The Labute approximate surface area is 162 Å². The first-order valence-electron chi connectivity index (χ1n) is 8.86. The van der Waals surface area contributed by atoms with Crippen LogP contribution in [0.1, 0.15) is 41.6 Å². The molecule has 2 amide bonds. The number of hydrogen-bond donors (Lipinski definition) is 0. The molecule has 2 aromatic carbocycles. The molecule has 5 nitrogen and oxygen atoms in total. The third-order valence-corrected chi connectivity index (χ3v) is 4.90. The summed E-state index contributed by atoms with van der Waals surface area (Å²) in [6.45, 7) is 0.214. The average Bonchev–Trinajstić information content (AvgIpc) is 3.06. The summed E-state index contributed by atoms with van der Waals surface area (Å²) in [5, 5.41) is 0.309. The van der Waals surface area contributed by atoms with Crippen LogP contribution in [0.15, 0.2) is 54.6 Å². The second-order valence-electron chi connectivity index (χ2n) is 6.43. The van der Waals surface area contributed by atoms with Gasteiger partial charge in [0, 0.05) is 18.9 Å². The second-order valence-corrected chi connectivity index (χ2v) is 6.83. The van der Waals surface area contributed by atoms with Gasteiger partial charge in [0.15, 0.2) is 0 Å². The minimum absolute atomic E-state index is 0.150. The maximum absolute atomic E-state index is 12.7. The van der Waals surface area contributed by atoms with E-state index in [0.29, 0.717) is 29.8 Å². The highest BCUT2D eigenvalue weighted by atomic mass is 35.5. The standard InChI is InChI=1S/C21H20ClNO4/c22-18-9-5-4-8-17(18)21(26)23-16(10-12-19(23)24)11-13-20(25)27-14-15-6-2-1-3-7-15/h1-9,16H,10-14H2. The number of amides is 2. The van der Waals surface area contributed by atoms with Gasteiger partial charge >= 0.3 is 5.97 Å². The zero-order chi connectivity index (χ0) is 19.2. The van der Waals surface area contributed by atoms with Crippen molar-refractivity contribution < 1.29 is 19.1 Å². The number of benzene rings is 2. The number of nitrogens with zero attached hydrogens (tertiary/aromatic N) is 1. The molecule has 2 aromatic rings. The first-order valence-corrected chi connectivity index (χ1v) is 9.24. The summed E-state index contributed by atoms with van der Waals surface area (Å²) < 4.78 is 5.27. The molecule has 0 saturated carbocycles. The molecule has 6 heteroatoms. The van der Waals surface area contributed by atoms with E-state index < -0.39 is 5.91 Å². The number of imide groups is 1. The molecule has 1 aliphatic heterocycles. The fourth-order valence-corrected chi connectivity index (χ4v) is 3.37. The van der Waals surface area contributed by atoms with Gasteiger partial charge in [0.25, 0.3) is 5.91 Å². The zero-order valence-electron chi connectivity index (χ0n) is 14.8. The Balaban J connectivity index is 1.57. The van der Waals surface area contributed by atoms with Crippen molar-refractivity contribution in [3.05, 3.63) is 70.7 Å². The van der Waals surface area contributed by atoms with Crippen LogP contribution in [0, 0.1) is 0 Å². The van der Waals surface area contributed by atoms with E-state index in [1.807, 2.05) is 30.3 Å². The maximum Gasteiger partial charge on any atom is 0.306 e. The molecule has 27 heavy (non-hydrogen) atoms. The molecule has 1 unspecified atom stereocenters. The molecule has 0 spiro atoms. The average molecular weight is 386 g/mol. The minimum Gasteiger partial charge on any atom is -0.461 e. The SMILES string of the molecule is O=C(CCC1CCC(=O)N1C(=O)c1ccccc1Cl)OCc1ccccc1. The number of hydrogen-bond acceptors (Lipinski definition) is 4.